The molecular weight excluding hydrogens is 632 g/mol. The van der Waals surface area contributed by atoms with E-state index in [4.69, 9.17) is 4.98 Å². The number of amides is 1. The molecule has 0 radical (unpaired) electrons. The van der Waals surface area contributed by atoms with Crippen molar-refractivity contribution in [1.82, 2.24) is 28.7 Å². The van der Waals surface area contributed by atoms with E-state index in [-0.39, 0.29) is 17.7 Å². The summed E-state index contributed by atoms with van der Waals surface area (Å²) in [5, 5.41) is 6.48. The number of sulfonamides is 1. The first-order valence-corrected chi connectivity index (χ1v) is 16.5. The number of anilines is 2. The Morgan fingerprint density at radius 3 is 2.72 bits per heavy atom. The van der Waals surface area contributed by atoms with Crippen molar-refractivity contribution in [2.75, 3.05) is 43.6 Å². The number of hydrogen-bond donors (Lipinski definition) is 3. The van der Waals surface area contributed by atoms with Crippen LogP contribution in [0.2, 0.25) is 0 Å². The molecule has 43 heavy (non-hydrogen) atoms. The van der Waals surface area contributed by atoms with E-state index in [0.29, 0.717) is 36.7 Å². The Kier molecular flexibility index (Phi) is 8.68. The molecular formula is C30H37BrN8O3S. The third-order valence-corrected chi connectivity index (χ3v) is 10.1. The Morgan fingerprint density at radius 2 is 2.00 bits per heavy atom. The standard InChI is InChI=1S/C30H37BrN8O3S/c1-7-43(41,42)38-13-10-22(17-38)34-27-24(31)16-32-30-28(27)35-29(36-30)23-14-19(3)39(20(23)4)25-15-21(9-8-18(25)2)33-26(40)11-12-37(5)6/h8-9,11-12,14-16,22H,7,10,13,17H2,1-6H3,(H,33,40)(H2,32,34,35,36)/t22-/m0/s1. The first kappa shape index (κ1) is 30.8. The number of rotatable bonds is 9. The van der Waals surface area contributed by atoms with E-state index < -0.39 is 10.0 Å². The monoisotopic (exact) mass is 668 g/mol. The molecule has 228 valence electrons. The molecule has 1 atom stereocenters. The highest BCUT2D eigenvalue weighted by molar-refractivity contribution is 9.10. The second-order valence-electron chi connectivity index (χ2n) is 11.0. The van der Waals surface area contributed by atoms with E-state index in [0.717, 1.165) is 43.9 Å². The molecule has 0 bridgehead atoms. The van der Waals surface area contributed by atoms with Gasteiger partial charge in [0.15, 0.2) is 5.65 Å². The summed E-state index contributed by atoms with van der Waals surface area (Å²) in [6.07, 6.45) is 5.63. The molecule has 1 saturated heterocycles. The van der Waals surface area contributed by atoms with Gasteiger partial charge in [0.2, 0.25) is 15.9 Å². The molecule has 13 heteroatoms. The third-order valence-electron chi connectivity index (χ3n) is 7.66. The van der Waals surface area contributed by atoms with Crippen molar-refractivity contribution in [2.24, 2.45) is 0 Å². The summed E-state index contributed by atoms with van der Waals surface area (Å²) < 4.78 is 29.2. The van der Waals surface area contributed by atoms with Crippen LogP contribution in [0.5, 0.6) is 0 Å². The van der Waals surface area contributed by atoms with Gasteiger partial charge in [-0.2, -0.15) is 4.31 Å². The smallest absolute Gasteiger partial charge is 0.249 e. The van der Waals surface area contributed by atoms with E-state index in [2.05, 4.69) is 47.2 Å². The highest BCUT2D eigenvalue weighted by Gasteiger charge is 2.31. The lowest BCUT2D eigenvalue weighted by molar-refractivity contribution is -0.112. The van der Waals surface area contributed by atoms with E-state index in [1.165, 1.54) is 6.08 Å². The van der Waals surface area contributed by atoms with Crippen LogP contribution < -0.4 is 10.6 Å². The van der Waals surface area contributed by atoms with Crippen LogP contribution in [0.4, 0.5) is 11.4 Å². The van der Waals surface area contributed by atoms with Crippen LogP contribution in [0.1, 0.15) is 30.3 Å². The van der Waals surface area contributed by atoms with Crippen LogP contribution in [-0.4, -0.2) is 82.0 Å². The maximum atomic E-state index is 12.4. The van der Waals surface area contributed by atoms with E-state index in [9.17, 15) is 13.2 Å². The molecule has 0 saturated carbocycles. The fourth-order valence-electron chi connectivity index (χ4n) is 5.39. The van der Waals surface area contributed by atoms with Gasteiger partial charge in [-0.25, -0.2) is 18.4 Å². The summed E-state index contributed by atoms with van der Waals surface area (Å²) in [5.41, 5.74) is 7.78. The highest BCUT2D eigenvalue weighted by atomic mass is 79.9. The van der Waals surface area contributed by atoms with Crippen molar-refractivity contribution >= 4 is 54.4 Å². The van der Waals surface area contributed by atoms with Crippen molar-refractivity contribution in [2.45, 2.75) is 40.2 Å². The molecule has 1 aliphatic heterocycles. The van der Waals surface area contributed by atoms with Crippen LogP contribution in [0.25, 0.3) is 28.2 Å². The lowest BCUT2D eigenvalue weighted by atomic mass is 10.1. The maximum absolute atomic E-state index is 12.4. The van der Waals surface area contributed by atoms with Crippen LogP contribution in [0.3, 0.4) is 0 Å². The second-order valence-corrected chi connectivity index (χ2v) is 14.2. The van der Waals surface area contributed by atoms with Gasteiger partial charge in [-0.3, -0.25) is 4.79 Å². The Labute approximate surface area is 260 Å². The zero-order valence-corrected chi connectivity index (χ0v) is 27.6. The number of aromatic nitrogens is 4. The summed E-state index contributed by atoms with van der Waals surface area (Å²) in [6.45, 7) is 8.72. The Bertz CT molecular complexity index is 1830. The van der Waals surface area contributed by atoms with Crippen LogP contribution >= 0.6 is 15.9 Å². The minimum atomic E-state index is -3.23. The van der Waals surface area contributed by atoms with Gasteiger partial charge in [0.25, 0.3) is 0 Å². The first-order valence-electron chi connectivity index (χ1n) is 14.1. The van der Waals surface area contributed by atoms with Gasteiger partial charge in [0.05, 0.1) is 21.6 Å². The third kappa shape index (κ3) is 6.34. The predicted octanol–water partition coefficient (Wildman–Crippen LogP) is 4.95. The number of nitrogens with one attached hydrogen (secondary N) is 3. The first-order chi connectivity index (χ1) is 20.4. The average molecular weight is 670 g/mol. The molecule has 0 unspecified atom stereocenters. The quantitative estimate of drug-likeness (QED) is 0.215. The number of aromatic amines is 1. The van der Waals surface area contributed by atoms with Gasteiger partial charge in [-0.1, -0.05) is 6.07 Å². The zero-order valence-electron chi connectivity index (χ0n) is 25.2. The number of H-pyrrole nitrogens is 1. The van der Waals surface area contributed by atoms with E-state index in [1.807, 2.05) is 58.0 Å². The Morgan fingerprint density at radius 1 is 1.23 bits per heavy atom. The van der Waals surface area contributed by atoms with Gasteiger partial charge in [0, 0.05) is 74.3 Å². The predicted molar refractivity (Wildman–Crippen MR) is 175 cm³/mol. The molecule has 3 N–H and O–H groups in total. The molecule has 5 rings (SSSR count). The molecule has 1 aliphatic rings. The molecule has 4 aromatic rings. The minimum Gasteiger partial charge on any atom is -0.383 e. The van der Waals surface area contributed by atoms with Crippen molar-refractivity contribution in [3.63, 3.8) is 0 Å². The molecule has 1 amide bonds. The number of hydrogen-bond acceptors (Lipinski definition) is 7. The molecule has 11 nitrogen and oxygen atoms in total. The topological polar surface area (TPSA) is 128 Å². The largest absolute Gasteiger partial charge is 0.383 e. The van der Waals surface area contributed by atoms with Crippen molar-refractivity contribution in [3.05, 3.63) is 64.2 Å². The minimum absolute atomic E-state index is 0.0332. The number of fused-ring (bicyclic) bond motifs is 1. The van der Waals surface area contributed by atoms with Crippen LogP contribution in [0, 0.1) is 20.8 Å². The number of carbonyl (C=O) groups is 1. The summed E-state index contributed by atoms with van der Waals surface area (Å²) in [5.74, 6) is 0.575. The number of carbonyl (C=O) groups excluding carboxylic acids is 1. The van der Waals surface area contributed by atoms with Crippen molar-refractivity contribution in [1.29, 1.82) is 0 Å². The molecule has 4 heterocycles. The normalized spacial score (nSPS) is 15.9. The molecule has 1 aromatic carbocycles. The second kappa shape index (κ2) is 12.1. The van der Waals surface area contributed by atoms with Gasteiger partial charge < -0.3 is 25.1 Å². The number of pyridine rings is 1. The molecule has 3 aromatic heterocycles. The lowest BCUT2D eigenvalue weighted by Gasteiger charge is -2.17. The van der Waals surface area contributed by atoms with Crippen LogP contribution in [-0.2, 0) is 14.8 Å². The van der Waals surface area contributed by atoms with Gasteiger partial charge in [-0.05, 0) is 73.8 Å². The molecule has 0 aliphatic carbocycles. The van der Waals surface area contributed by atoms with Gasteiger partial charge >= 0.3 is 0 Å². The van der Waals surface area contributed by atoms with Gasteiger partial charge in [0.1, 0.15) is 11.3 Å². The fraction of sp³-hybridized carbons (Fsp3) is 0.367. The molecule has 1 fully saturated rings. The van der Waals surface area contributed by atoms with Crippen molar-refractivity contribution < 1.29 is 13.2 Å². The highest BCUT2D eigenvalue weighted by Crippen LogP contribution is 2.35. The number of aryl methyl sites for hydroxylation is 2. The fourth-order valence-corrected chi connectivity index (χ4v) is 6.96. The van der Waals surface area contributed by atoms with Crippen LogP contribution in [0.15, 0.2) is 47.2 Å². The van der Waals surface area contributed by atoms with E-state index >= 15 is 0 Å². The van der Waals surface area contributed by atoms with Crippen molar-refractivity contribution in [3.8, 4) is 17.1 Å². The summed E-state index contributed by atoms with van der Waals surface area (Å²) in [7, 11) is 0.493. The average Bonchev–Trinajstić information content (AvgIpc) is 3.68. The summed E-state index contributed by atoms with van der Waals surface area (Å²) in [6, 6.07) is 7.92. The molecule has 0 spiro atoms. The zero-order chi connectivity index (χ0) is 31.1. The number of benzene rings is 1. The number of halogens is 1. The SMILES string of the molecule is CCS(=O)(=O)N1CC[C@H](Nc2c(Br)cnc3nc(-c4cc(C)n(-c5cc(NC(=O)C=CN(C)C)ccc5C)c4C)[nH]c23)C1. The number of nitrogens with zero attached hydrogens (tertiary/aromatic N) is 5. The summed E-state index contributed by atoms with van der Waals surface area (Å²) in [4.78, 5) is 27.1. The maximum Gasteiger partial charge on any atom is 0.249 e. The summed E-state index contributed by atoms with van der Waals surface area (Å²) >= 11 is 3.62. The van der Waals surface area contributed by atoms with Gasteiger partial charge in [-0.15, -0.1) is 0 Å². The lowest BCUT2D eigenvalue weighted by Crippen LogP contribution is -2.32. The Balaban J connectivity index is 1.46. The number of imidazole rings is 1. The van der Waals surface area contributed by atoms with E-state index in [1.54, 1.807) is 23.6 Å². The Hall–Kier alpha value is -3.68.